The molecule has 0 unspecified atom stereocenters. The summed E-state index contributed by atoms with van der Waals surface area (Å²) in [5.41, 5.74) is 6.55. The number of amides is 1. The number of benzene rings is 3. The summed E-state index contributed by atoms with van der Waals surface area (Å²) in [5.74, 6) is 0.264. The van der Waals surface area contributed by atoms with Gasteiger partial charge in [0.2, 0.25) is 5.91 Å². The molecule has 1 amide bonds. The highest BCUT2D eigenvalue weighted by Crippen LogP contribution is 2.47. The molecule has 38 heavy (non-hydrogen) atoms. The van der Waals surface area contributed by atoms with Crippen molar-refractivity contribution in [1.29, 1.82) is 0 Å². The van der Waals surface area contributed by atoms with E-state index in [0.717, 1.165) is 59.6 Å². The van der Waals surface area contributed by atoms with E-state index in [-0.39, 0.29) is 17.6 Å². The quantitative estimate of drug-likeness (QED) is 0.343. The monoisotopic (exact) mass is 507 g/mol. The fourth-order valence-corrected chi connectivity index (χ4v) is 5.74. The van der Waals surface area contributed by atoms with Crippen LogP contribution in [0.5, 0.6) is 0 Å². The van der Waals surface area contributed by atoms with Gasteiger partial charge in [-0.1, -0.05) is 74.4 Å². The first-order chi connectivity index (χ1) is 18.5. The van der Waals surface area contributed by atoms with Gasteiger partial charge in [0.15, 0.2) is 5.78 Å². The normalized spacial score (nSPS) is 18.8. The number of Topliss-reactive ketones (excluding diaryl/α,β-unsaturated/α-hetero) is 1. The third-order valence-electron chi connectivity index (χ3n) is 7.75. The van der Waals surface area contributed by atoms with Crippen molar-refractivity contribution in [2.24, 2.45) is 0 Å². The molecule has 196 valence electrons. The van der Waals surface area contributed by atoms with Gasteiger partial charge in [-0.25, -0.2) is 0 Å². The molecule has 2 aliphatic rings. The number of carbonyl (C=O) groups is 2. The van der Waals surface area contributed by atoms with Crippen LogP contribution in [-0.4, -0.2) is 25.8 Å². The Morgan fingerprint density at radius 3 is 2.32 bits per heavy atom. The maximum atomic E-state index is 14.1. The Morgan fingerprint density at radius 2 is 1.61 bits per heavy atom. The lowest BCUT2D eigenvalue weighted by molar-refractivity contribution is -0.119. The van der Waals surface area contributed by atoms with Gasteiger partial charge in [0.25, 0.3) is 0 Å². The molecule has 3 aromatic carbocycles. The Labute approximate surface area is 226 Å². The standard InChI is InChI=1S/C33H37N3O2/c1-4-5-7-16-31(38)36-29-15-11-10-14-27(29)34-28-21-25(23-12-8-6-9-13-23)22-30(37)32(28)33(36)24-17-19-26(20-18-24)35(2)3/h6,8-15,17-20,25,33-34H,4-5,7,16,21-22H2,1-3H3/t25-,33-/m0/s1. The van der Waals surface area contributed by atoms with E-state index in [1.54, 1.807) is 0 Å². The summed E-state index contributed by atoms with van der Waals surface area (Å²) in [5, 5.41) is 3.63. The molecule has 5 heteroatoms. The molecule has 2 atom stereocenters. The first-order valence-corrected chi connectivity index (χ1v) is 13.7. The lowest BCUT2D eigenvalue weighted by Crippen LogP contribution is -2.38. The molecule has 0 radical (unpaired) electrons. The summed E-state index contributed by atoms with van der Waals surface area (Å²) in [6.45, 7) is 2.14. The van der Waals surface area contributed by atoms with E-state index in [4.69, 9.17) is 0 Å². The van der Waals surface area contributed by atoms with Gasteiger partial charge in [0.05, 0.1) is 17.4 Å². The summed E-state index contributed by atoms with van der Waals surface area (Å²) in [6.07, 6.45) is 4.51. The Bertz CT molecular complexity index is 1330. The Hall–Kier alpha value is -3.86. The number of carbonyl (C=O) groups excluding carboxylic acids is 2. The lowest BCUT2D eigenvalue weighted by atomic mass is 9.78. The minimum atomic E-state index is -0.476. The third kappa shape index (κ3) is 5.10. The van der Waals surface area contributed by atoms with Crippen LogP contribution < -0.4 is 15.1 Å². The third-order valence-corrected chi connectivity index (χ3v) is 7.75. The highest BCUT2D eigenvalue weighted by molar-refractivity contribution is 6.06. The predicted octanol–water partition coefficient (Wildman–Crippen LogP) is 7.23. The summed E-state index contributed by atoms with van der Waals surface area (Å²) in [4.78, 5) is 32.0. The number of allylic oxidation sites excluding steroid dienone is 1. The van der Waals surface area contributed by atoms with Crippen LogP contribution in [-0.2, 0) is 9.59 Å². The van der Waals surface area contributed by atoms with Crippen molar-refractivity contribution in [2.75, 3.05) is 29.2 Å². The van der Waals surface area contributed by atoms with Crippen LogP contribution in [0.25, 0.3) is 0 Å². The van der Waals surface area contributed by atoms with E-state index in [1.165, 1.54) is 5.56 Å². The molecular weight excluding hydrogens is 470 g/mol. The molecule has 5 rings (SSSR count). The van der Waals surface area contributed by atoms with E-state index < -0.39 is 6.04 Å². The van der Waals surface area contributed by atoms with Crippen molar-refractivity contribution in [1.82, 2.24) is 0 Å². The van der Waals surface area contributed by atoms with Crippen LogP contribution in [0.15, 0.2) is 90.1 Å². The number of nitrogens with zero attached hydrogens (tertiary/aromatic N) is 2. The van der Waals surface area contributed by atoms with Crippen LogP contribution in [0.2, 0.25) is 0 Å². The number of hydrogen-bond donors (Lipinski definition) is 1. The van der Waals surface area contributed by atoms with E-state index in [2.05, 4.69) is 53.5 Å². The molecular formula is C33H37N3O2. The predicted molar refractivity (Wildman–Crippen MR) is 156 cm³/mol. The highest BCUT2D eigenvalue weighted by Gasteiger charge is 2.41. The number of anilines is 3. The van der Waals surface area contributed by atoms with Gasteiger partial charge >= 0.3 is 0 Å². The fourth-order valence-electron chi connectivity index (χ4n) is 5.74. The molecule has 0 saturated heterocycles. The Kier molecular flexibility index (Phi) is 7.64. The molecule has 1 aliphatic carbocycles. The number of ketones is 1. The van der Waals surface area contributed by atoms with Gasteiger partial charge in [-0.05, 0) is 54.2 Å². The minimum Gasteiger partial charge on any atom is -0.378 e. The molecule has 1 aliphatic heterocycles. The second-order valence-electron chi connectivity index (χ2n) is 10.6. The van der Waals surface area contributed by atoms with E-state index in [9.17, 15) is 9.59 Å². The highest BCUT2D eigenvalue weighted by atomic mass is 16.2. The zero-order valence-corrected chi connectivity index (χ0v) is 22.6. The molecule has 0 fully saturated rings. The maximum Gasteiger partial charge on any atom is 0.227 e. The molecule has 3 aromatic rings. The van der Waals surface area contributed by atoms with E-state index in [0.29, 0.717) is 12.8 Å². The van der Waals surface area contributed by atoms with Gasteiger partial charge in [-0.3, -0.25) is 14.5 Å². The summed E-state index contributed by atoms with van der Waals surface area (Å²) in [6, 6.07) is 26.1. The van der Waals surface area contributed by atoms with Crippen molar-refractivity contribution in [3.05, 3.63) is 101 Å². The lowest BCUT2D eigenvalue weighted by Gasteiger charge is -2.35. The van der Waals surface area contributed by atoms with Crippen LogP contribution >= 0.6 is 0 Å². The number of nitrogens with one attached hydrogen (secondary N) is 1. The largest absolute Gasteiger partial charge is 0.378 e. The molecule has 0 saturated carbocycles. The summed E-state index contributed by atoms with van der Waals surface area (Å²) >= 11 is 0. The van der Waals surface area contributed by atoms with Crippen molar-refractivity contribution in [2.45, 2.75) is 57.4 Å². The van der Waals surface area contributed by atoms with Crippen LogP contribution in [0.1, 0.15) is 68.5 Å². The van der Waals surface area contributed by atoms with Gasteiger partial charge in [-0.2, -0.15) is 0 Å². The topological polar surface area (TPSA) is 52.7 Å². The minimum absolute atomic E-state index is 0.0566. The van der Waals surface area contributed by atoms with Gasteiger partial charge < -0.3 is 10.2 Å². The Balaban J connectivity index is 1.66. The molecule has 0 aromatic heterocycles. The van der Waals surface area contributed by atoms with Crippen LogP contribution in [0.3, 0.4) is 0 Å². The smallest absolute Gasteiger partial charge is 0.227 e. The zero-order valence-electron chi connectivity index (χ0n) is 22.6. The summed E-state index contributed by atoms with van der Waals surface area (Å²) in [7, 11) is 4.03. The zero-order chi connectivity index (χ0) is 26.6. The molecule has 5 nitrogen and oxygen atoms in total. The average Bonchev–Trinajstić information content (AvgIpc) is 3.08. The molecule has 1 heterocycles. The van der Waals surface area contributed by atoms with Gasteiger partial charge in [-0.15, -0.1) is 0 Å². The maximum absolute atomic E-state index is 14.1. The summed E-state index contributed by atoms with van der Waals surface area (Å²) < 4.78 is 0. The van der Waals surface area contributed by atoms with Crippen molar-refractivity contribution in [3.8, 4) is 0 Å². The molecule has 1 N–H and O–H groups in total. The number of unbranched alkanes of at least 4 members (excludes halogenated alkanes) is 2. The van der Waals surface area contributed by atoms with Crippen molar-refractivity contribution < 1.29 is 9.59 Å². The first-order valence-electron chi connectivity index (χ1n) is 13.7. The Morgan fingerprint density at radius 1 is 0.895 bits per heavy atom. The van der Waals surface area contributed by atoms with Crippen LogP contribution in [0.4, 0.5) is 17.1 Å². The number of para-hydroxylation sites is 2. The van der Waals surface area contributed by atoms with Crippen LogP contribution in [0, 0.1) is 0 Å². The van der Waals surface area contributed by atoms with E-state index in [1.807, 2.05) is 61.5 Å². The second-order valence-corrected chi connectivity index (χ2v) is 10.6. The van der Waals surface area contributed by atoms with Crippen molar-refractivity contribution >= 4 is 28.8 Å². The first kappa shape index (κ1) is 25.8. The number of hydrogen-bond acceptors (Lipinski definition) is 4. The fraction of sp³-hybridized carbons (Fsp3) is 0.333. The van der Waals surface area contributed by atoms with E-state index >= 15 is 0 Å². The number of rotatable bonds is 7. The second kappa shape index (κ2) is 11.3. The average molecular weight is 508 g/mol. The SMILES string of the molecule is CCCCCC(=O)N1c2ccccc2NC2=C(C(=O)C[C@@H](c3ccccc3)C2)[C@@H]1c1ccc(N(C)C)cc1. The molecule has 0 spiro atoms. The number of fused-ring (bicyclic) bond motifs is 1. The van der Waals surface area contributed by atoms with Gasteiger partial charge in [0.1, 0.15) is 0 Å². The van der Waals surface area contributed by atoms with Crippen molar-refractivity contribution in [3.63, 3.8) is 0 Å². The van der Waals surface area contributed by atoms with Gasteiger partial charge in [0, 0.05) is 43.9 Å². The molecule has 0 bridgehead atoms.